The van der Waals surface area contributed by atoms with Crippen LogP contribution in [0.3, 0.4) is 0 Å². The first-order valence-electron chi connectivity index (χ1n) is 23.5. The van der Waals surface area contributed by atoms with Crippen molar-refractivity contribution in [3.05, 3.63) is 0 Å². The number of hydrogen-bond acceptors (Lipinski definition) is 4. The summed E-state index contributed by atoms with van der Waals surface area (Å²) in [5.74, 6) is 0. The van der Waals surface area contributed by atoms with Crippen LogP contribution in [0.2, 0.25) is 6.04 Å². The molecule has 0 rings (SSSR count). The van der Waals surface area contributed by atoms with Gasteiger partial charge in [-0.2, -0.15) is 12.6 Å². The third kappa shape index (κ3) is 50.4. The topological polar surface area (TPSA) is 27.7 Å². The molecule has 0 aliphatic carbocycles. The Bertz CT molecular complexity index is 593. The lowest BCUT2D eigenvalue weighted by Crippen LogP contribution is -2.02. The van der Waals surface area contributed by atoms with Crippen molar-refractivity contribution in [1.29, 1.82) is 0 Å². The van der Waals surface area contributed by atoms with E-state index in [9.17, 15) is 0 Å². The molecule has 1 unspecified atom stereocenters. The van der Waals surface area contributed by atoms with Gasteiger partial charge in [0.2, 0.25) is 9.76 Å². The van der Waals surface area contributed by atoms with Gasteiger partial charge in [-0.15, -0.1) is 0 Å². The summed E-state index contributed by atoms with van der Waals surface area (Å²) >= 11 is 4.42. The van der Waals surface area contributed by atoms with Crippen LogP contribution in [0.25, 0.3) is 0 Å². The maximum Gasteiger partial charge on any atom is 0.229 e. The van der Waals surface area contributed by atoms with Gasteiger partial charge in [0.15, 0.2) is 0 Å². The molecule has 5 heteroatoms. The highest BCUT2D eigenvalue weighted by Crippen LogP contribution is 2.15. The van der Waals surface area contributed by atoms with Crippen LogP contribution in [0.1, 0.15) is 251 Å². The average molecular weight is 755 g/mol. The molecule has 0 aromatic carbocycles. The van der Waals surface area contributed by atoms with Gasteiger partial charge in [0.25, 0.3) is 0 Å². The monoisotopic (exact) mass is 755 g/mol. The molecule has 0 N–H and O–H groups in total. The van der Waals surface area contributed by atoms with Crippen molar-refractivity contribution in [2.24, 2.45) is 0 Å². The van der Waals surface area contributed by atoms with Crippen molar-refractivity contribution in [2.45, 2.75) is 263 Å². The summed E-state index contributed by atoms with van der Waals surface area (Å²) in [6.07, 6.45) is 51.3. The first-order valence-corrected chi connectivity index (χ1v) is 25.1. The van der Waals surface area contributed by atoms with Crippen molar-refractivity contribution in [2.75, 3.05) is 33.0 Å². The molecule has 0 aromatic heterocycles. The fourth-order valence-electron chi connectivity index (χ4n) is 6.98. The highest BCUT2D eigenvalue weighted by atomic mass is 32.1. The Morgan fingerprint density at radius 3 is 0.843 bits per heavy atom. The summed E-state index contributed by atoms with van der Waals surface area (Å²) in [7, 11) is 0.678. The molecule has 306 valence electrons. The van der Waals surface area contributed by atoms with E-state index in [1.807, 2.05) is 0 Å². The van der Waals surface area contributed by atoms with Crippen molar-refractivity contribution < 1.29 is 13.9 Å². The van der Waals surface area contributed by atoms with Gasteiger partial charge in [0.05, 0.1) is 0 Å². The zero-order chi connectivity index (χ0) is 36.8. The van der Waals surface area contributed by atoms with E-state index in [-0.39, 0.29) is 0 Å². The summed E-state index contributed by atoms with van der Waals surface area (Å²) in [6, 6.07) is 1.18. The van der Waals surface area contributed by atoms with Gasteiger partial charge < -0.3 is 13.9 Å². The standard InChI is InChI=1S/C46H94O3SSi/c1-3-4-5-6-7-8-19-24-29-34-40-47-41-36-31-26-21-16-13-14-17-22-27-32-37-43-48-42-35-30-25-20-15-11-9-10-12-18-23-28-33-38-44-49-51-45-39-46(2)50/h46,50H,3-45H2,1-2H3. The summed E-state index contributed by atoms with van der Waals surface area (Å²) in [5, 5.41) is 0.511. The van der Waals surface area contributed by atoms with Crippen LogP contribution in [0.4, 0.5) is 0 Å². The van der Waals surface area contributed by atoms with E-state index in [0.717, 1.165) is 33.0 Å². The maximum absolute atomic E-state index is 5.91. The lowest BCUT2D eigenvalue weighted by Gasteiger charge is -2.06. The normalized spacial score (nSPS) is 12.3. The minimum absolute atomic E-state index is 0.511. The largest absolute Gasteiger partial charge is 0.417 e. The second-order valence-corrected chi connectivity index (χ2v) is 17.9. The highest BCUT2D eigenvalue weighted by molar-refractivity contribution is 7.80. The van der Waals surface area contributed by atoms with E-state index in [0.29, 0.717) is 15.0 Å². The molecule has 0 spiro atoms. The van der Waals surface area contributed by atoms with Gasteiger partial charge in [0, 0.05) is 33.0 Å². The molecule has 0 aliphatic heterocycles. The number of unbranched alkanes of at least 4 members (excludes halogenated alkanes) is 33. The molecule has 0 saturated heterocycles. The Hall–Kier alpha value is 0.447. The van der Waals surface area contributed by atoms with E-state index in [2.05, 4.69) is 26.5 Å². The Labute approximate surface area is 330 Å². The molecule has 0 bridgehead atoms. The predicted octanol–water partition coefficient (Wildman–Crippen LogP) is 15.8. The van der Waals surface area contributed by atoms with Crippen LogP contribution in [0.15, 0.2) is 0 Å². The SMILES string of the molecule is CCCCCCCCCCCCOCCCCCCCCCCCCCCOCCCCCCCCCCCCCCCCO[Si]CCC(C)S. The summed E-state index contributed by atoms with van der Waals surface area (Å²) in [6.45, 7) is 9.36. The van der Waals surface area contributed by atoms with E-state index in [4.69, 9.17) is 13.9 Å². The van der Waals surface area contributed by atoms with Crippen LogP contribution in [-0.2, 0) is 13.9 Å². The smallest absolute Gasteiger partial charge is 0.229 e. The molecule has 3 nitrogen and oxygen atoms in total. The van der Waals surface area contributed by atoms with Crippen LogP contribution in [-0.4, -0.2) is 48.0 Å². The second kappa shape index (κ2) is 48.5. The zero-order valence-corrected chi connectivity index (χ0v) is 37.0. The van der Waals surface area contributed by atoms with Crippen molar-refractivity contribution in [3.8, 4) is 0 Å². The van der Waals surface area contributed by atoms with Crippen LogP contribution in [0.5, 0.6) is 0 Å². The van der Waals surface area contributed by atoms with Crippen LogP contribution >= 0.6 is 12.6 Å². The molecule has 0 saturated carbocycles. The predicted molar refractivity (Wildman–Crippen MR) is 233 cm³/mol. The molecular weight excluding hydrogens is 661 g/mol. The van der Waals surface area contributed by atoms with Gasteiger partial charge in [0.1, 0.15) is 0 Å². The number of rotatable bonds is 47. The van der Waals surface area contributed by atoms with Crippen molar-refractivity contribution >= 4 is 22.4 Å². The molecule has 0 fully saturated rings. The van der Waals surface area contributed by atoms with Crippen LogP contribution < -0.4 is 0 Å². The summed E-state index contributed by atoms with van der Waals surface area (Å²) < 4.78 is 17.5. The Balaban J connectivity index is 3.05. The average Bonchev–Trinajstić information content (AvgIpc) is 3.13. The van der Waals surface area contributed by atoms with E-state index in [1.54, 1.807) is 0 Å². The molecule has 1 atom stereocenters. The number of thiol groups is 1. The van der Waals surface area contributed by atoms with Gasteiger partial charge in [-0.25, -0.2) is 0 Å². The maximum atomic E-state index is 5.91. The van der Waals surface area contributed by atoms with Gasteiger partial charge in [-0.1, -0.05) is 213 Å². The number of hydrogen-bond donors (Lipinski definition) is 1. The highest BCUT2D eigenvalue weighted by Gasteiger charge is 1.99. The van der Waals surface area contributed by atoms with Gasteiger partial charge in [-0.05, 0) is 49.8 Å². The first-order chi connectivity index (χ1) is 25.3. The molecule has 51 heavy (non-hydrogen) atoms. The van der Waals surface area contributed by atoms with Crippen molar-refractivity contribution in [1.82, 2.24) is 0 Å². The number of ether oxygens (including phenoxy) is 2. The quantitative estimate of drug-likeness (QED) is 0.0381. The van der Waals surface area contributed by atoms with Crippen molar-refractivity contribution in [3.63, 3.8) is 0 Å². The van der Waals surface area contributed by atoms with E-state index < -0.39 is 0 Å². The molecule has 0 aromatic rings. The molecule has 2 radical (unpaired) electrons. The Kier molecular flexibility index (Phi) is 48.9. The molecule has 0 aliphatic rings. The molecular formula is C46H94O3SSi. The minimum Gasteiger partial charge on any atom is -0.417 e. The minimum atomic E-state index is 0.511. The first kappa shape index (κ1) is 51.4. The van der Waals surface area contributed by atoms with E-state index in [1.165, 1.54) is 244 Å². The molecule has 0 amide bonds. The third-order valence-electron chi connectivity index (χ3n) is 10.5. The molecule has 0 heterocycles. The summed E-state index contributed by atoms with van der Waals surface area (Å²) in [4.78, 5) is 0. The van der Waals surface area contributed by atoms with Crippen LogP contribution in [0, 0.1) is 0 Å². The Morgan fingerprint density at radius 1 is 0.353 bits per heavy atom. The Morgan fingerprint density at radius 2 is 0.588 bits per heavy atom. The van der Waals surface area contributed by atoms with E-state index >= 15 is 0 Å². The lowest BCUT2D eigenvalue weighted by atomic mass is 10.0. The fourth-order valence-corrected chi connectivity index (χ4v) is 8.34. The zero-order valence-electron chi connectivity index (χ0n) is 35.2. The third-order valence-corrected chi connectivity index (χ3v) is 11.7. The lowest BCUT2D eigenvalue weighted by molar-refractivity contribution is 0.125. The second-order valence-electron chi connectivity index (χ2n) is 16.0. The summed E-state index contributed by atoms with van der Waals surface area (Å²) in [5.41, 5.74) is 0. The van der Waals surface area contributed by atoms with Gasteiger partial charge >= 0.3 is 0 Å². The fraction of sp³-hybridized carbons (Fsp3) is 1.00. The van der Waals surface area contributed by atoms with Gasteiger partial charge in [-0.3, -0.25) is 0 Å².